The number of halogens is 1. The van der Waals surface area contributed by atoms with Gasteiger partial charge in [-0.25, -0.2) is 0 Å². The Morgan fingerprint density at radius 2 is 2.07 bits per heavy atom. The highest BCUT2D eigenvalue weighted by molar-refractivity contribution is 9.09. The van der Waals surface area contributed by atoms with Crippen molar-refractivity contribution in [3.8, 4) is 0 Å². The molecule has 0 spiro atoms. The number of furan rings is 1. The van der Waals surface area contributed by atoms with Gasteiger partial charge in [-0.3, -0.25) is 0 Å². The SMILES string of the molecule is CC(C)(CBr)Cc1ccc2occc2c1. The normalized spacial score (nSPS) is 12.2. The van der Waals surface area contributed by atoms with Crippen molar-refractivity contribution >= 4 is 26.9 Å². The number of alkyl halides is 1. The second-order valence-corrected chi connectivity index (χ2v) is 5.33. The lowest BCUT2D eigenvalue weighted by Crippen LogP contribution is -2.16. The van der Waals surface area contributed by atoms with Crippen LogP contribution in [-0.4, -0.2) is 5.33 Å². The Morgan fingerprint density at radius 3 is 2.80 bits per heavy atom. The van der Waals surface area contributed by atoms with Crippen LogP contribution in [0, 0.1) is 5.41 Å². The Balaban J connectivity index is 2.28. The summed E-state index contributed by atoms with van der Waals surface area (Å²) in [4.78, 5) is 0. The van der Waals surface area contributed by atoms with Gasteiger partial charge in [0.05, 0.1) is 6.26 Å². The van der Waals surface area contributed by atoms with Crippen molar-refractivity contribution < 1.29 is 4.42 Å². The maximum atomic E-state index is 5.32. The van der Waals surface area contributed by atoms with Crippen molar-refractivity contribution in [3.05, 3.63) is 36.1 Å². The Kier molecular flexibility index (Phi) is 2.87. The third-order valence-corrected chi connectivity index (χ3v) is 4.08. The van der Waals surface area contributed by atoms with E-state index in [0.717, 1.165) is 17.3 Å². The molecule has 2 aromatic rings. The number of rotatable bonds is 3. The molecule has 0 unspecified atom stereocenters. The van der Waals surface area contributed by atoms with Crippen LogP contribution < -0.4 is 0 Å². The number of hydrogen-bond acceptors (Lipinski definition) is 1. The molecule has 0 atom stereocenters. The lowest BCUT2D eigenvalue weighted by Gasteiger charge is -2.21. The Morgan fingerprint density at radius 1 is 1.27 bits per heavy atom. The van der Waals surface area contributed by atoms with E-state index < -0.39 is 0 Å². The zero-order valence-electron chi connectivity index (χ0n) is 9.09. The summed E-state index contributed by atoms with van der Waals surface area (Å²) in [6.45, 7) is 4.53. The molecule has 0 fully saturated rings. The van der Waals surface area contributed by atoms with Gasteiger partial charge in [0.1, 0.15) is 5.58 Å². The fourth-order valence-electron chi connectivity index (χ4n) is 1.73. The first kappa shape index (κ1) is 10.7. The largest absolute Gasteiger partial charge is 0.464 e. The van der Waals surface area contributed by atoms with Crippen molar-refractivity contribution in [2.75, 3.05) is 5.33 Å². The van der Waals surface area contributed by atoms with Crippen LogP contribution >= 0.6 is 15.9 Å². The Labute approximate surface area is 98.6 Å². The first-order valence-electron chi connectivity index (χ1n) is 5.13. The smallest absolute Gasteiger partial charge is 0.133 e. The molecule has 1 heterocycles. The fraction of sp³-hybridized carbons (Fsp3) is 0.385. The average molecular weight is 267 g/mol. The van der Waals surface area contributed by atoms with Crippen LogP contribution in [0.2, 0.25) is 0 Å². The van der Waals surface area contributed by atoms with Gasteiger partial charge < -0.3 is 4.42 Å². The molecule has 0 aliphatic heterocycles. The highest BCUT2D eigenvalue weighted by Gasteiger charge is 2.16. The fourth-order valence-corrected chi connectivity index (χ4v) is 1.92. The predicted molar refractivity (Wildman–Crippen MR) is 67.5 cm³/mol. The zero-order valence-corrected chi connectivity index (χ0v) is 10.7. The third kappa shape index (κ3) is 2.43. The molecule has 0 saturated carbocycles. The minimum absolute atomic E-state index is 0.303. The summed E-state index contributed by atoms with van der Waals surface area (Å²) in [6.07, 6.45) is 2.82. The maximum Gasteiger partial charge on any atom is 0.133 e. The van der Waals surface area contributed by atoms with E-state index in [9.17, 15) is 0 Å². The first-order valence-corrected chi connectivity index (χ1v) is 6.25. The summed E-state index contributed by atoms with van der Waals surface area (Å²) in [7, 11) is 0. The van der Waals surface area contributed by atoms with E-state index in [1.807, 2.05) is 6.07 Å². The van der Waals surface area contributed by atoms with Crippen molar-refractivity contribution in [1.29, 1.82) is 0 Å². The molecule has 2 rings (SSSR count). The summed E-state index contributed by atoms with van der Waals surface area (Å²) < 4.78 is 5.32. The van der Waals surface area contributed by atoms with Gasteiger partial charge in [0.2, 0.25) is 0 Å². The van der Waals surface area contributed by atoms with Crippen molar-refractivity contribution in [3.63, 3.8) is 0 Å². The summed E-state index contributed by atoms with van der Waals surface area (Å²) in [5.41, 5.74) is 2.64. The zero-order chi connectivity index (χ0) is 10.9. The van der Waals surface area contributed by atoms with Crippen LogP contribution in [0.1, 0.15) is 19.4 Å². The summed E-state index contributed by atoms with van der Waals surface area (Å²) >= 11 is 3.55. The molecule has 0 bridgehead atoms. The molecule has 2 heteroatoms. The minimum atomic E-state index is 0.303. The molecular formula is C13H15BrO. The third-order valence-electron chi connectivity index (χ3n) is 2.56. The van der Waals surface area contributed by atoms with Crippen LogP contribution in [0.15, 0.2) is 34.9 Å². The number of fused-ring (bicyclic) bond motifs is 1. The molecule has 15 heavy (non-hydrogen) atoms. The van der Waals surface area contributed by atoms with Crippen molar-refractivity contribution in [2.24, 2.45) is 5.41 Å². The highest BCUT2D eigenvalue weighted by Crippen LogP contribution is 2.26. The molecule has 80 valence electrons. The van der Waals surface area contributed by atoms with Crippen molar-refractivity contribution in [1.82, 2.24) is 0 Å². The predicted octanol–water partition coefficient (Wildman–Crippen LogP) is 4.40. The van der Waals surface area contributed by atoms with Gasteiger partial charge in [-0.15, -0.1) is 0 Å². The molecule has 1 nitrogen and oxygen atoms in total. The lowest BCUT2D eigenvalue weighted by atomic mass is 9.88. The molecule has 0 radical (unpaired) electrons. The van der Waals surface area contributed by atoms with Crippen LogP contribution in [-0.2, 0) is 6.42 Å². The minimum Gasteiger partial charge on any atom is -0.464 e. The standard InChI is InChI=1S/C13H15BrO/c1-13(2,9-14)8-10-3-4-12-11(7-10)5-6-15-12/h3-7H,8-9H2,1-2H3. The van der Waals surface area contributed by atoms with Gasteiger partial charge in [-0.2, -0.15) is 0 Å². The molecule has 0 saturated heterocycles. The summed E-state index contributed by atoms with van der Waals surface area (Å²) in [5, 5.41) is 2.21. The monoisotopic (exact) mass is 266 g/mol. The summed E-state index contributed by atoms with van der Waals surface area (Å²) in [5.74, 6) is 0. The van der Waals surface area contributed by atoms with Gasteiger partial charge in [-0.1, -0.05) is 35.8 Å². The Hall–Kier alpha value is -0.760. The number of hydrogen-bond donors (Lipinski definition) is 0. The van der Waals surface area contributed by atoms with E-state index in [4.69, 9.17) is 4.42 Å². The molecule has 0 N–H and O–H groups in total. The van der Waals surface area contributed by atoms with E-state index in [-0.39, 0.29) is 0 Å². The molecule has 1 aromatic carbocycles. The quantitative estimate of drug-likeness (QED) is 0.751. The molecule has 0 aliphatic carbocycles. The van der Waals surface area contributed by atoms with Gasteiger partial charge in [-0.05, 0) is 35.6 Å². The first-order chi connectivity index (χ1) is 7.11. The maximum absolute atomic E-state index is 5.32. The topological polar surface area (TPSA) is 13.1 Å². The van der Waals surface area contributed by atoms with E-state index in [1.54, 1.807) is 6.26 Å². The lowest BCUT2D eigenvalue weighted by molar-refractivity contribution is 0.425. The van der Waals surface area contributed by atoms with Crippen LogP contribution in [0.3, 0.4) is 0 Å². The van der Waals surface area contributed by atoms with Crippen LogP contribution in [0.5, 0.6) is 0 Å². The van der Waals surface area contributed by atoms with E-state index in [0.29, 0.717) is 5.41 Å². The van der Waals surface area contributed by atoms with Crippen molar-refractivity contribution in [2.45, 2.75) is 20.3 Å². The average Bonchev–Trinajstić information content (AvgIpc) is 2.64. The Bertz CT molecular complexity index is 456. The second-order valence-electron chi connectivity index (χ2n) is 4.77. The van der Waals surface area contributed by atoms with E-state index in [1.165, 1.54) is 10.9 Å². The van der Waals surface area contributed by atoms with Crippen LogP contribution in [0.25, 0.3) is 11.0 Å². The molecule has 1 aromatic heterocycles. The van der Waals surface area contributed by atoms with Gasteiger partial charge in [0.15, 0.2) is 0 Å². The van der Waals surface area contributed by atoms with Crippen LogP contribution in [0.4, 0.5) is 0 Å². The van der Waals surface area contributed by atoms with E-state index >= 15 is 0 Å². The van der Waals surface area contributed by atoms with Gasteiger partial charge >= 0.3 is 0 Å². The van der Waals surface area contributed by atoms with Gasteiger partial charge in [0, 0.05) is 10.7 Å². The summed E-state index contributed by atoms with van der Waals surface area (Å²) in [6, 6.07) is 8.43. The molecular weight excluding hydrogens is 252 g/mol. The number of benzene rings is 1. The highest BCUT2D eigenvalue weighted by atomic mass is 79.9. The van der Waals surface area contributed by atoms with Gasteiger partial charge in [0.25, 0.3) is 0 Å². The molecule has 0 amide bonds. The molecule has 0 aliphatic rings. The second kappa shape index (κ2) is 4.01. The van der Waals surface area contributed by atoms with E-state index in [2.05, 4.69) is 48.0 Å².